The Kier molecular flexibility index (Phi) is 14.0. The van der Waals surface area contributed by atoms with E-state index in [-0.39, 0.29) is 11.8 Å². The van der Waals surface area contributed by atoms with Gasteiger partial charge in [0.15, 0.2) is 0 Å². The van der Waals surface area contributed by atoms with Crippen LogP contribution in [-0.2, 0) is 14.3 Å². The minimum atomic E-state index is -0.942. The first-order valence-electron chi connectivity index (χ1n) is 14.6. The van der Waals surface area contributed by atoms with Crippen LogP contribution in [0.1, 0.15) is 88.1 Å². The van der Waals surface area contributed by atoms with Crippen molar-refractivity contribution in [3.05, 3.63) is 64.7 Å². The molecule has 0 bridgehead atoms. The highest BCUT2D eigenvalue weighted by Crippen LogP contribution is 2.28. The summed E-state index contributed by atoms with van der Waals surface area (Å²) in [6.45, 7) is 11.7. The highest BCUT2D eigenvalue weighted by atomic mass is 32.2. The van der Waals surface area contributed by atoms with Crippen molar-refractivity contribution in [1.29, 1.82) is 0 Å². The second-order valence-corrected chi connectivity index (χ2v) is 12.5. The molecule has 2 N–H and O–H groups in total. The third kappa shape index (κ3) is 10.8. The number of terminal acetylenes is 1. The predicted octanol–water partition coefficient (Wildman–Crippen LogP) is 7.02. The number of carbonyl (C=O) groups is 3. The molecule has 0 fully saturated rings. The number of hydrogen-bond acceptors (Lipinski definition) is 5. The Morgan fingerprint density at radius 3 is 2.21 bits per heavy atom. The highest BCUT2D eigenvalue weighted by Gasteiger charge is 2.36. The zero-order chi connectivity index (χ0) is 31.3. The van der Waals surface area contributed by atoms with Crippen LogP contribution in [0.5, 0.6) is 0 Å². The van der Waals surface area contributed by atoms with Gasteiger partial charge in [-0.2, -0.15) is 11.8 Å². The number of rotatable bonds is 14. The van der Waals surface area contributed by atoms with Gasteiger partial charge in [0.25, 0.3) is 5.91 Å². The number of aryl methyl sites for hydroxylation is 2. The molecular formula is C34H47N3O4S. The molecule has 2 aromatic carbocycles. The number of alkyl carbamates (subject to hydrolysis) is 1. The van der Waals surface area contributed by atoms with Gasteiger partial charge in [0.2, 0.25) is 5.91 Å². The molecule has 0 aliphatic rings. The van der Waals surface area contributed by atoms with Crippen molar-refractivity contribution >= 4 is 35.4 Å². The Balaban J connectivity index is 2.59. The maximum Gasteiger partial charge on any atom is 0.408 e. The van der Waals surface area contributed by atoms with Crippen molar-refractivity contribution in [3.63, 3.8) is 0 Å². The standard InChI is InChI=1S/C34H47N3O4S/c1-9-11-12-13-22-37(32(39)28(21-23-42-8)35-33(40)41-34(5,6)7)30(27-19-17-26(10-2)18-20-27)31(38)36-29-24(3)15-14-16-25(29)4/h2,14-20,28,30H,9,11-13,21-23H2,1,3-8H3,(H,35,40)(H,36,38). The molecule has 2 rings (SSSR count). The second-order valence-electron chi connectivity index (χ2n) is 11.5. The van der Waals surface area contributed by atoms with Gasteiger partial charge >= 0.3 is 6.09 Å². The summed E-state index contributed by atoms with van der Waals surface area (Å²) in [5.41, 5.74) is 3.17. The molecule has 0 saturated carbocycles. The average Bonchev–Trinajstić information content (AvgIpc) is 2.93. The van der Waals surface area contributed by atoms with Crippen molar-refractivity contribution in [1.82, 2.24) is 10.2 Å². The molecule has 7 nitrogen and oxygen atoms in total. The highest BCUT2D eigenvalue weighted by molar-refractivity contribution is 7.98. The van der Waals surface area contributed by atoms with Gasteiger partial charge in [-0.25, -0.2) is 4.79 Å². The van der Waals surface area contributed by atoms with E-state index in [0.29, 0.717) is 29.8 Å². The lowest BCUT2D eigenvalue weighted by molar-refractivity contribution is -0.141. The van der Waals surface area contributed by atoms with Gasteiger partial charge in [0.1, 0.15) is 17.7 Å². The maximum absolute atomic E-state index is 14.4. The van der Waals surface area contributed by atoms with Crippen LogP contribution in [-0.4, -0.2) is 53.0 Å². The normalized spacial score (nSPS) is 12.5. The monoisotopic (exact) mass is 593 g/mol. The fraction of sp³-hybridized carbons (Fsp3) is 0.500. The van der Waals surface area contributed by atoms with E-state index in [0.717, 1.165) is 42.5 Å². The van der Waals surface area contributed by atoms with Crippen molar-refractivity contribution < 1.29 is 19.1 Å². The number of benzene rings is 2. The third-order valence-electron chi connectivity index (χ3n) is 6.82. The van der Waals surface area contributed by atoms with Gasteiger partial charge in [0, 0.05) is 17.8 Å². The van der Waals surface area contributed by atoms with Gasteiger partial charge in [-0.05, 0) is 88.3 Å². The molecule has 228 valence electrons. The number of amides is 3. The molecule has 2 unspecified atom stereocenters. The minimum Gasteiger partial charge on any atom is -0.444 e. The van der Waals surface area contributed by atoms with Crippen molar-refractivity contribution in [2.24, 2.45) is 0 Å². The molecule has 0 spiro atoms. The number of anilines is 1. The van der Waals surface area contributed by atoms with E-state index in [1.54, 1.807) is 61.7 Å². The number of unbranched alkanes of at least 4 members (excludes halogenated alkanes) is 3. The fourth-order valence-corrected chi connectivity index (χ4v) is 5.13. The first-order chi connectivity index (χ1) is 19.9. The summed E-state index contributed by atoms with van der Waals surface area (Å²) < 4.78 is 5.49. The number of nitrogens with zero attached hydrogens (tertiary/aromatic N) is 1. The van der Waals surface area contributed by atoms with Crippen molar-refractivity contribution in [2.75, 3.05) is 23.9 Å². The zero-order valence-electron chi connectivity index (χ0n) is 26.2. The van der Waals surface area contributed by atoms with Crippen LogP contribution in [0.25, 0.3) is 0 Å². The third-order valence-corrected chi connectivity index (χ3v) is 7.46. The smallest absolute Gasteiger partial charge is 0.408 e. The average molecular weight is 594 g/mol. The lowest BCUT2D eigenvalue weighted by Crippen LogP contribution is -2.52. The molecule has 3 amide bonds. The van der Waals surface area contributed by atoms with Gasteiger partial charge < -0.3 is 20.3 Å². The van der Waals surface area contributed by atoms with Crippen molar-refractivity contribution in [3.8, 4) is 12.3 Å². The summed E-state index contributed by atoms with van der Waals surface area (Å²) in [4.78, 5) is 43.0. The van der Waals surface area contributed by atoms with E-state index >= 15 is 0 Å². The summed E-state index contributed by atoms with van der Waals surface area (Å²) in [6.07, 6.45) is 11.0. The van der Waals surface area contributed by atoms with Gasteiger partial charge in [0.05, 0.1) is 0 Å². The molecule has 0 aliphatic heterocycles. The SMILES string of the molecule is C#Cc1ccc(C(C(=O)Nc2c(C)cccc2C)N(CCCCCC)C(=O)C(CCSC)NC(=O)OC(C)(C)C)cc1. The van der Waals surface area contributed by atoms with Crippen LogP contribution in [0, 0.1) is 26.2 Å². The minimum absolute atomic E-state index is 0.325. The van der Waals surface area contributed by atoms with Gasteiger partial charge in [-0.15, -0.1) is 6.42 Å². The molecule has 0 saturated heterocycles. The van der Waals surface area contributed by atoms with Crippen molar-refractivity contribution in [2.45, 2.75) is 91.3 Å². The number of hydrogen-bond donors (Lipinski definition) is 2. The topological polar surface area (TPSA) is 87.7 Å². The molecule has 8 heteroatoms. The van der Waals surface area contributed by atoms with Crippen LogP contribution >= 0.6 is 11.8 Å². The van der Waals surface area contributed by atoms with E-state index in [2.05, 4.69) is 23.5 Å². The molecule has 2 atom stereocenters. The Morgan fingerprint density at radius 2 is 1.67 bits per heavy atom. The van der Waals surface area contributed by atoms with Crippen LogP contribution < -0.4 is 10.6 Å². The molecule has 0 heterocycles. The predicted molar refractivity (Wildman–Crippen MR) is 174 cm³/mol. The fourth-order valence-electron chi connectivity index (χ4n) is 4.66. The summed E-state index contributed by atoms with van der Waals surface area (Å²) in [6, 6.07) is 11.2. The number of thioether (sulfide) groups is 1. The van der Waals surface area contributed by atoms with E-state index < -0.39 is 23.8 Å². The van der Waals surface area contributed by atoms with E-state index in [9.17, 15) is 14.4 Å². The number of para-hydroxylation sites is 1. The quantitative estimate of drug-likeness (QED) is 0.182. The second kappa shape index (κ2) is 16.9. The largest absolute Gasteiger partial charge is 0.444 e. The van der Waals surface area contributed by atoms with Crippen LogP contribution in [0.4, 0.5) is 10.5 Å². The van der Waals surface area contributed by atoms with Crippen LogP contribution in [0.3, 0.4) is 0 Å². The Morgan fingerprint density at radius 1 is 1.02 bits per heavy atom. The Bertz CT molecular complexity index is 1210. The number of nitrogens with one attached hydrogen (secondary N) is 2. The maximum atomic E-state index is 14.4. The van der Waals surface area contributed by atoms with E-state index in [4.69, 9.17) is 11.2 Å². The molecular weight excluding hydrogens is 546 g/mol. The summed E-state index contributed by atoms with van der Waals surface area (Å²) in [7, 11) is 0. The molecule has 0 aliphatic carbocycles. The van der Waals surface area contributed by atoms with Gasteiger partial charge in [-0.1, -0.05) is 62.4 Å². The molecule has 0 radical (unpaired) electrons. The Hall–Kier alpha value is -3.44. The Labute approximate surface area is 256 Å². The molecule has 42 heavy (non-hydrogen) atoms. The first kappa shape index (κ1) is 34.8. The molecule has 2 aromatic rings. The van der Waals surface area contributed by atoms with Crippen LogP contribution in [0.2, 0.25) is 0 Å². The van der Waals surface area contributed by atoms with E-state index in [1.807, 2.05) is 38.3 Å². The number of ether oxygens (including phenoxy) is 1. The summed E-state index contributed by atoms with van der Waals surface area (Å²) >= 11 is 1.58. The lowest BCUT2D eigenvalue weighted by Gasteiger charge is -2.35. The molecule has 0 aromatic heterocycles. The first-order valence-corrected chi connectivity index (χ1v) is 16.0. The number of carbonyl (C=O) groups excluding carboxylic acids is 3. The zero-order valence-corrected chi connectivity index (χ0v) is 27.0. The lowest BCUT2D eigenvalue weighted by atomic mass is 9.99. The van der Waals surface area contributed by atoms with Gasteiger partial charge in [-0.3, -0.25) is 9.59 Å². The summed E-state index contributed by atoms with van der Waals surface area (Å²) in [5, 5.41) is 5.90. The van der Waals surface area contributed by atoms with E-state index in [1.165, 1.54) is 0 Å². The summed E-state index contributed by atoms with van der Waals surface area (Å²) in [5.74, 6) is 2.61. The van der Waals surface area contributed by atoms with Crippen LogP contribution in [0.15, 0.2) is 42.5 Å².